The number of carbonyl (C=O) groups excluding carboxylic acids is 1. The fourth-order valence-electron chi connectivity index (χ4n) is 2.70. The van der Waals surface area contributed by atoms with E-state index >= 15 is 0 Å². The molecular weight excluding hydrogens is 262 g/mol. The van der Waals surface area contributed by atoms with Crippen LogP contribution in [0.25, 0.3) is 0 Å². The third-order valence-corrected chi connectivity index (χ3v) is 4.22. The van der Waals surface area contributed by atoms with Crippen molar-refractivity contribution < 1.29 is 4.79 Å². The van der Waals surface area contributed by atoms with Crippen molar-refractivity contribution in [2.24, 2.45) is 0 Å². The van der Waals surface area contributed by atoms with Crippen molar-refractivity contribution >= 4 is 11.6 Å². The van der Waals surface area contributed by atoms with Gasteiger partial charge in [-0.1, -0.05) is 19.1 Å². The van der Waals surface area contributed by atoms with Gasteiger partial charge in [0.1, 0.15) is 0 Å². The van der Waals surface area contributed by atoms with Gasteiger partial charge >= 0.3 is 0 Å². The van der Waals surface area contributed by atoms with Crippen molar-refractivity contribution in [2.45, 2.75) is 27.2 Å². The van der Waals surface area contributed by atoms with Gasteiger partial charge in [0, 0.05) is 44.8 Å². The number of piperazine rings is 1. The highest BCUT2D eigenvalue weighted by Gasteiger charge is 2.19. The Hall–Kier alpha value is -1.55. The summed E-state index contributed by atoms with van der Waals surface area (Å²) in [5.74, 6) is 0.267. The molecule has 1 N–H and O–H groups in total. The maximum Gasteiger partial charge on any atom is 0.224 e. The maximum atomic E-state index is 12.2. The summed E-state index contributed by atoms with van der Waals surface area (Å²) in [5, 5.41) is 3.39. The van der Waals surface area contributed by atoms with E-state index in [1.54, 1.807) is 0 Å². The lowest BCUT2D eigenvalue weighted by Crippen LogP contribution is -2.48. The molecule has 1 heterocycles. The topological polar surface area (TPSA) is 35.6 Å². The molecule has 4 nitrogen and oxygen atoms in total. The first kappa shape index (κ1) is 15.8. The molecule has 1 aromatic carbocycles. The van der Waals surface area contributed by atoms with E-state index in [1.807, 2.05) is 4.90 Å². The highest BCUT2D eigenvalue weighted by Crippen LogP contribution is 2.16. The first-order valence-electron chi connectivity index (χ1n) is 7.91. The van der Waals surface area contributed by atoms with Crippen molar-refractivity contribution in [1.82, 2.24) is 9.80 Å². The van der Waals surface area contributed by atoms with Crippen LogP contribution in [0, 0.1) is 13.8 Å². The van der Waals surface area contributed by atoms with E-state index in [4.69, 9.17) is 0 Å². The van der Waals surface area contributed by atoms with Crippen LogP contribution in [0.1, 0.15) is 24.5 Å². The van der Waals surface area contributed by atoms with Crippen LogP contribution in [-0.2, 0) is 4.79 Å². The van der Waals surface area contributed by atoms with E-state index in [0.717, 1.165) is 38.4 Å². The predicted molar refractivity (Wildman–Crippen MR) is 87.7 cm³/mol. The lowest BCUT2D eigenvalue weighted by atomic mass is 10.1. The number of benzene rings is 1. The number of anilines is 1. The first-order valence-corrected chi connectivity index (χ1v) is 7.91. The molecule has 0 aliphatic carbocycles. The van der Waals surface area contributed by atoms with Crippen LogP contribution in [0.4, 0.5) is 5.69 Å². The molecule has 0 atom stereocenters. The second-order valence-corrected chi connectivity index (χ2v) is 5.81. The van der Waals surface area contributed by atoms with Crippen LogP contribution >= 0.6 is 0 Å². The molecule has 1 saturated heterocycles. The highest BCUT2D eigenvalue weighted by molar-refractivity contribution is 5.77. The second kappa shape index (κ2) is 7.46. The summed E-state index contributed by atoms with van der Waals surface area (Å²) in [5.41, 5.74) is 3.60. The summed E-state index contributed by atoms with van der Waals surface area (Å²) in [4.78, 5) is 16.6. The van der Waals surface area contributed by atoms with Gasteiger partial charge < -0.3 is 15.1 Å². The number of nitrogens with one attached hydrogen (secondary N) is 1. The molecule has 0 bridgehead atoms. The van der Waals surface area contributed by atoms with Crippen LogP contribution in [0.15, 0.2) is 18.2 Å². The van der Waals surface area contributed by atoms with Crippen molar-refractivity contribution in [3.8, 4) is 0 Å². The largest absolute Gasteiger partial charge is 0.384 e. The Bertz CT molecular complexity index is 479. The van der Waals surface area contributed by atoms with Gasteiger partial charge in [0.25, 0.3) is 0 Å². The summed E-state index contributed by atoms with van der Waals surface area (Å²) < 4.78 is 0. The van der Waals surface area contributed by atoms with E-state index in [1.165, 1.54) is 11.1 Å². The van der Waals surface area contributed by atoms with Crippen LogP contribution in [0.2, 0.25) is 0 Å². The monoisotopic (exact) mass is 289 g/mol. The molecule has 1 aromatic rings. The molecular formula is C17H27N3O. The molecule has 0 radical (unpaired) electrons. The molecule has 21 heavy (non-hydrogen) atoms. The Morgan fingerprint density at radius 2 is 1.90 bits per heavy atom. The number of aryl methyl sites for hydroxylation is 2. The van der Waals surface area contributed by atoms with Crippen molar-refractivity contribution in [1.29, 1.82) is 0 Å². The third kappa shape index (κ3) is 4.46. The quantitative estimate of drug-likeness (QED) is 0.903. The van der Waals surface area contributed by atoms with Gasteiger partial charge in [0.05, 0.1) is 0 Å². The molecule has 0 saturated carbocycles. The number of rotatable bonds is 5. The lowest BCUT2D eigenvalue weighted by molar-refractivity contribution is -0.132. The Labute approximate surface area is 128 Å². The molecule has 1 amide bonds. The molecule has 1 fully saturated rings. The predicted octanol–water partition coefficient (Wildman–Crippen LogP) is 2.27. The molecule has 4 heteroatoms. The fourth-order valence-corrected chi connectivity index (χ4v) is 2.70. The number of hydrogen-bond acceptors (Lipinski definition) is 3. The Balaban J connectivity index is 1.76. The molecule has 0 spiro atoms. The minimum atomic E-state index is 0.267. The summed E-state index contributed by atoms with van der Waals surface area (Å²) in [6.45, 7) is 11.9. The van der Waals surface area contributed by atoms with Crippen LogP contribution in [0.3, 0.4) is 0 Å². The van der Waals surface area contributed by atoms with Crippen molar-refractivity contribution in [3.63, 3.8) is 0 Å². The Morgan fingerprint density at radius 3 is 2.57 bits per heavy atom. The van der Waals surface area contributed by atoms with E-state index < -0.39 is 0 Å². The van der Waals surface area contributed by atoms with Gasteiger partial charge in [-0.2, -0.15) is 0 Å². The van der Waals surface area contributed by atoms with Gasteiger partial charge in [0.2, 0.25) is 5.91 Å². The molecule has 1 aliphatic rings. The minimum absolute atomic E-state index is 0.267. The zero-order valence-electron chi connectivity index (χ0n) is 13.5. The number of carbonyl (C=O) groups is 1. The van der Waals surface area contributed by atoms with Crippen molar-refractivity contribution in [2.75, 3.05) is 44.6 Å². The number of nitrogens with zero attached hydrogens (tertiary/aromatic N) is 2. The minimum Gasteiger partial charge on any atom is -0.384 e. The highest BCUT2D eigenvalue weighted by atomic mass is 16.2. The van der Waals surface area contributed by atoms with Crippen LogP contribution in [0.5, 0.6) is 0 Å². The van der Waals surface area contributed by atoms with E-state index in [0.29, 0.717) is 13.0 Å². The standard InChI is InChI=1S/C17H27N3O/c1-4-19-9-11-20(12-10-19)17(21)7-8-18-16-13-14(2)5-6-15(16)3/h5-6,13,18H,4,7-12H2,1-3H3. The summed E-state index contributed by atoms with van der Waals surface area (Å²) in [7, 11) is 0. The van der Waals surface area contributed by atoms with E-state index in [-0.39, 0.29) is 5.91 Å². The zero-order chi connectivity index (χ0) is 15.2. The summed E-state index contributed by atoms with van der Waals surface area (Å²) in [6, 6.07) is 6.36. The Morgan fingerprint density at radius 1 is 1.19 bits per heavy atom. The average Bonchev–Trinajstić information content (AvgIpc) is 2.50. The smallest absolute Gasteiger partial charge is 0.224 e. The van der Waals surface area contributed by atoms with Gasteiger partial charge in [-0.15, -0.1) is 0 Å². The molecule has 2 rings (SSSR count). The number of amides is 1. The fraction of sp³-hybridized carbons (Fsp3) is 0.588. The third-order valence-electron chi connectivity index (χ3n) is 4.22. The van der Waals surface area contributed by atoms with E-state index in [9.17, 15) is 4.79 Å². The van der Waals surface area contributed by atoms with Gasteiger partial charge in [-0.3, -0.25) is 4.79 Å². The second-order valence-electron chi connectivity index (χ2n) is 5.81. The average molecular weight is 289 g/mol. The first-order chi connectivity index (χ1) is 10.1. The zero-order valence-corrected chi connectivity index (χ0v) is 13.5. The van der Waals surface area contributed by atoms with E-state index in [2.05, 4.69) is 49.2 Å². The van der Waals surface area contributed by atoms with Gasteiger partial charge in [0.15, 0.2) is 0 Å². The SMILES string of the molecule is CCN1CCN(C(=O)CCNc2cc(C)ccc2C)CC1. The van der Waals surface area contributed by atoms with Gasteiger partial charge in [-0.25, -0.2) is 0 Å². The molecule has 0 unspecified atom stereocenters. The number of likely N-dealkylation sites (N-methyl/N-ethyl adjacent to an activating group) is 1. The maximum absolute atomic E-state index is 12.2. The van der Waals surface area contributed by atoms with Crippen LogP contribution in [-0.4, -0.2) is 55.0 Å². The van der Waals surface area contributed by atoms with Crippen molar-refractivity contribution in [3.05, 3.63) is 29.3 Å². The summed E-state index contributed by atoms with van der Waals surface area (Å²) >= 11 is 0. The number of hydrogen-bond donors (Lipinski definition) is 1. The molecule has 0 aromatic heterocycles. The summed E-state index contributed by atoms with van der Waals surface area (Å²) in [6.07, 6.45) is 0.569. The lowest BCUT2D eigenvalue weighted by Gasteiger charge is -2.34. The normalized spacial score (nSPS) is 16.0. The molecule has 116 valence electrons. The Kier molecular flexibility index (Phi) is 5.62. The van der Waals surface area contributed by atoms with Crippen LogP contribution < -0.4 is 5.32 Å². The van der Waals surface area contributed by atoms with Gasteiger partial charge in [-0.05, 0) is 37.6 Å². The molecule has 1 aliphatic heterocycles.